The fourth-order valence-corrected chi connectivity index (χ4v) is 2.42. The van der Waals surface area contributed by atoms with Crippen molar-refractivity contribution >= 4 is 11.6 Å². The molecule has 0 atom stereocenters. The molecular formula is C17H27NO3. The smallest absolute Gasteiger partial charge is 0.227 e. The molecule has 0 aliphatic rings. The summed E-state index contributed by atoms with van der Waals surface area (Å²) in [6.45, 7) is 6.53. The summed E-state index contributed by atoms with van der Waals surface area (Å²) >= 11 is 0. The fourth-order valence-electron chi connectivity index (χ4n) is 2.42. The van der Waals surface area contributed by atoms with Crippen LogP contribution in [0.2, 0.25) is 0 Å². The van der Waals surface area contributed by atoms with Gasteiger partial charge >= 0.3 is 0 Å². The molecule has 0 bridgehead atoms. The number of rotatable bonds is 9. The van der Waals surface area contributed by atoms with Crippen LogP contribution in [0.1, 0.15) is 52.0 Å². The topological polar surface area (TPSA) is 58.6 Å². The van der Waals surface area contributed by atoms with E-state index in [1.54, 1.807) is 12.1 Å². The van der Waals surface area contributed by atoms with Crippen molar-refractivity contribution in [3.05, 3.63) is 23.8 Å². The number of aliphatic hydroxyl groups excluding tert-OH is 1. The van der Waals surface area contributed by atoms with Gasteiger partial charge in [-0.05, 0) is 38.0 Å². The molecule has 0 spiro atoms. The summed E-state index contributed by atoms with van der Waals surface area (Å²) in [7, 11) is 0. The monoisotopic (exact) mass is 293 g/mol. The minimum absolute atomic E-state index is 0.0594. The van der Waals surface area contributed by atoms with Gasteiger partial charge in [0.25, 0.3) is 0 Å². The Kier molecular flexibility index (Phi) is 7.83. The molecule has 21 heavy (non-hydrogen) atoms. The summed E-state index contributed by atoms with van der Waals surface area (Å²) < 4.78 is 5.44. The van der Waals surface area contributed by atoms with Crippen molar-refractivity contribution in [2.45, 2.75) is 53.1 Å². The van der Waals surface area contributed by atoms with E-state index in [1.807, 2.05) is 13.0 Å². The molecule has 0 fully saturated rings. The van der Waals surface area contributed by atoms with Crippen LogP contribution < -0.4 is 10.1 Å². The quantitative estimate of drug-likeness (QED) is 0.729. The maximum Gasteiger partial charge on any atom is 0.227 e. The van der Waals surface area contributed by atoms with Gasteiger partial charge in [-0.2, -0.15) is 0 Å². The Balaban J connectivity index is 2.79. The Hall–Kier alpha value is -1.55. The van der Waals surface area contributed by atoms with Gasteiger partial charge in [0.1, 0.15) is 5.75 Å². The van der Waals surface area contributed by atoms with Crippen molar-refractivity contribution in [1.29, 1.82) is 0 Å². The van der Waals surface area contributed by atoms with E-state index in [0.717, 1.165) is 25.7 Å². The Labute approximate surface area is 127 Å². The predicted octanol–water partition coefficient (Wildman–Crippen LogP) is 3.73. The SMILES string of the molecule is CCCC(CCC)C(=O)Nc1ccc(OCC)c(CO)c1. The van der Waals surface area contributed by atoms with Crippen LogP contribution in [0, 0.1) is 5.92 Å². The normalized spacial score (nSPS) is 10.7. The maximum absolute atomic E-state index is 12.3. The minimum Gasteiger partial charge on any atom is -0.494 e. The van der Waals surface area contributed by atoms with Crippen LogP contribution in [0.5, 0.6) is 5.75 Å². The summed E-state index contributed by atoms with van der Waals surface area (Å²) in [5.74, 6) is 0.785. The van der Waals surface area contributed by atoms with Crippen LogP contribution in [0.25, 0.3) is 0 Å². The molecule has 1 rings (SSSR count). The maximum atomic E-state index is 12.3. The van der Waals surface area contributed by atoms with Gasteiger partial charge in [-0.25, -0.2) is 0 Å². The molecule has 0 aromatic heterocycles. The molecule has 2 N–H and O–H groups in total. The van der Waals surface area contributed by atoms with E-state index in [9.17, 15) is 9.90 Å². The molecule has 0 saturated heterocycles. The van der Waals surface area contributed by atoms with Crippen molar-refractivity contribution in [3.63, 3.8) is 0 Å². The summed E-state index contributed by atoms with van der Waals surface area (Å²) in [4.78, 5) is 12.3. The number of amides is 1. The molecule has 1 aromatic carbocycles. The molecule has 1 amide bonds. The zero-order valence-corrected chi connectivity index (χ0v) is 13.3. The van der Waals surface area contributed by atoms with E-state index in [0.29, 0.717) is 23.6 Å². The fraction of sp³-hybridized carbons (Fsp3) is 0.588. The average molecular weight is 293 g/mol. The van der Waals surface area contributed by atoms with Crippen LogP contribution in [-0.2, 0) is 11.4 Å². The lowest BCUT2D eigenvalue weighted by Gasteiger charge is -2.16. The number of hydrogen-bond donors (Lipinski definition) is 2. The lowest BCUT2D eigenvalue weighted by Crippen LogP contribution is -2.22. The van der Waals surface area contributed by atoms with Gasteiger partial charge in [0, 0.05) is 17.2 Å². The van der Waals surface area contributed by atoms with Crippen LogP contribution in [-0.4, -0.2) is 17.6 Å². The van der Waals surface area contributed by atoms with Crippen molar-refractivity contribution in [2.75, 3.05) is 11.9 Å². The highest BCUT2D eigenvalue weighted by atomic mass is 16.5. The summed E-state index contributed by atoms with van der Waals surface area (Å²) in [5.41, 5.74) is 1.40. The standard InChI is InChI=1S/C17H27NO3/c1-4-7-13(8-5-2)17(20)18-15-9-10-16(21-6-3)14(11-15)12-19/h9-11,13,19H,4-8,12H2,1-3H3,(H,18,20). The molecular weight excluding hydrogens is 266 g/mol. The van der Waals surface area contributed by atoms with Crippen molar-refractivity contribution < 1.29 is 14.6 Å². The second-order valence-corrected chi connectivity index (χ2v) is 5.18. The first-order chi connectivity index (χ1) is 10.2. The molecule has 4 heteroatoms. The zero-order valence-electron chi connectivity index (χ0n) is 13.3. The first-order valence-electron chi connectivity index (χ1n) is 7.83. The van der Waals surface area contributed by atoms with Gasteiger partial charge < -0.3 is 15.2 Å². The van der Waals surface area contributed by atoms with Gasteiger partial charge in [0.15, 0.2) is 0 Å². The van der Waals surface area contributed by atoms with Crippen LogP contribution in [0.4, 0.5) is 5.69 Å². The largest absolute Gasteiger partial charge is 0.494 e. The first-order valence-corrected chi connectivity index (χ1v) is 7.83. The molecule has 0 aliphatic heterocycles. The Morgan fingerprint density at radius 2 is 1.90 bits per heavy atom. The van der Waals surface area contributed by atoms with Gasteiger partial charge in [-0.1, -0.05) is 26.7 Å². The highest BCUT2D eigenvalue weighted by Gasteiger charge is 2.17. The number of carbonyl (C=O) groups is 1. The number of hydrogen-bond acceptors (Lipinski definition) is 3. The second kappa shape index (κ2) is 9.40. The number of anilines is 1. The zero-order chi connectivity index (χ0) is 15.7. The molecule has 1 aromatic rings. The number of ether oxygens (including phenoxy) is 1. The summed E-state index contributed by atoms with van der Waals surface area (Å²) in [6.07, 6.45) is 3.82. The molecule has 0 heterocycles. The van der Waals surface area contributed by atoms with Crippen LogP contribution >= 0.6 is 0 Å². The Morgan fingerprint density at radius 3 is 2.43 bits per heavy atom. The third kappa shape index (κ3) is 5.38. The van der Waals surface area contributed by atoms with Crippen molar-refractivity contribution in [1.82, 2.24) is 0 Å². The van der Waals surface area contributed by atoms with Gasteiger partial charge in [-0.3, -0.25) is 4.79 Å². The summed E-state index contributed by atoms with van der Waals surface area (Å²) in [5, 5.41) is 12.3. The number of benzene rings is 1. The lowest BCUT2D eigenvalue weighted by molar-refractivity contribution is -0.120. The highest BCUT2D eigenvalue weighted by Crippen LogP contribution is 2.24. The van der Waals surface area contributed by atoms with Gasteiger partial charge in [0.2, 0.25) is 5.91 Å². The third-order valence-electron chi connectivity index (χ3n) is 3.44. The Bertz CT molecular complexity index is 440. The average Bonchev–Trinajstić information content (AvgIpc) is 2.48. The van der Waals surface area contributed by atoms with E-state index in [2.05, 4.69) is 19.2 Å². The molecule has 118 valence electrons. The van der Waals surface area contributed by atoms with E-state index in [-0.39, 0.29) is 18.4 Å². The van der Waals surface area contributed by atoms with Crippen molar-refractivity contribution in [3.8, 4) is 5.75 Å². The Morgan fingerprint density at radius 1 is 1.24 bits per heavy atom. The van der Waals surface area contributed by atoms with E-state index in [1.165, 1.54) is 0 Å². The third-order valence-corrected chi connectivity index (χ3v) is 3.44. The molecule has 0 saturated carbocycles. The molecule has 0 unspecified atom stereocenters. The molecule has 0 aliphatic carbocycles. The van der Waals surface area contributed by atoms with Crippen LogP contribution in [0.3, 0.4) is 0 Å². The number of carbonyl (C=O) groups excluding carboxylic acids is 1. The van der Waals surface area contributed by atoms with E-state index in [4.69, 9.17) is 4.74 Å². The van der Waals surface area contributed by atoms with E-state index < -0.39 is 0 Å². The van der Waals surface area contributed by atoms with E-state index >= 15 is 0 Å². The molecule has 0 radical (unpaired) electrons. The highest BCUT2D eigenvalue weighted by molar-refractivity contribution is 5.92. The lowest BCUT2D eigenvalue weighted by atomic mass is 9.97. The summed E-state index contributed by atoms with van der Waals surface area (Å²) in [6, 6.07) is 5.38. The van der Waals surface area contributed by atoms with Crippen LogP contribution in [0.15, 0.2) is 18.2 Å². The number of nitrogens with one attached hydrogen (secondary N) is 1. The minimum atomic E-state index is -0.105. The van der Waals surface area contributed by atoms with Gasteiger partial charge in [-0.15, -0.1) is 0 Å². The second-order valence-electron chi connectivity index (χ2n) is 5.18. The predicted molar refractivity (Wildman–Crippen MR) is 85.5 cm³/mol. The first kappa shape index (κ1) is 17.5. The van der Waals surface area contributed by atoms with Gasteiger partial charge in [0.05, 0.1) is 13.2 Å². The number of aliphatic hydroxyl groups is 1. The molecule has 4 nitrogen and oxygen atoms in total. The van der Waals surface area contributed by atoms with Crippen molar-refractivity contribution in [2.24, 2.45) is 5.92 Å².